The van der Waals surface area contributed by atoms with Gasteiger partial charge in [0.05, 0.1) is 18.4 Å². The van der Waals surface area contributed by atoms with Crippen molar-refractivity contribution in [2.75, 3.05) is 13.9 Å². The Morgan fingerprint density at radius 1 is 1.09 bits per heavy atom. The predicted molar refractivity (Wildman–Crippen MR) is 79.9 cm³/mol. The maximum atomic E-state index is 5.56. The highest BCUT2D eigenvalue weighted by molar-refractivity contribution is 5.82. The van der Waals surface area contributed by atoms with E-state index in [-0.39, 0.29) is 6.79 Å². The Balaban J connectivity index is 1.82. The average Bonchev–Trinajstić information content (AvgIpc) is 3.23. The first-order valence-electron chi connectivity index (χ1n) is 6.81. The molecule has 22 heavy (non-hydrogen) atoms. The molecule has 6 heteroatoms. The normalized spacial score (nSPS) is 12.4. The third-order valence-corrected chi connectivity index (χ3v) is 3.58. The number of nitrogens with one attached hydrogen (secondary N) is 1. The van der Waals surface area contributed by atoms with E-state index in [1.807, 2.05) is 42.5 Å². The summed E-state index contributed by atoms with van der Waals surface area (Å²) in [6.07, 6.45) is 0. The smallest absolute Gasteiger partial charge is 0.231 e. The number of aromatic amines is 1. The van der Waals surface area contributed by atoms with E-state index >= 15 is 0 Å². The van der Waals surface area contributed by atoms with E-state index in [1.165, 1.54) is 0 Å². The van der Waals surface area contributed by atoms with Crippen LogP contribution in [-0.4, -0.2) is 29.3 Å². The molecule has 0 spiro atoms. The Hall–Kier alpha value is -3.02. The molecular formula is C16H13N3O3. The molecular weight excluding hydrogens is 282 g/mol. The molecule has 2 heterocycles. The van der Waals surface area contributed by atoms with E-state index < -0.39 is 0 Å². The Bertz CT molecular complexity index is 812. The summed E-state index contributed by atoms with van der Waals surface area (Å²) in [6.45, 7) is 0.224. The molecule has 6 nitrogen and oxygen atoms in total. The molecule has 0 amide bonds. The monoisotopic (exact) mass is 295 g/mol. The number of hydrogen-bond acceptors (Lipinski definition) is 5. The lowest BCUT2D eigenvalue weighted by atomic mass is 10.0. The summed E-state index contributed by atoms with van der Waals surface area (Å²) in [5, 5.41) is 11.1. The second-order valence-electron chi connectivity index (χ2n) is 4.80. The minimum atomic E-state index is 0.224. The van der Waals surface area contributed by atoms with Gasteiger partial charge in [-0.1, -0.05) is 11.3 Å². The quantitative estimate of drug-likeness (QED) is 0.804. The lowest BCUT2D eigenvalue weighted by Gasteiger charge is -2.06. The van der Waals surface area contributed by atoms with Gasteiger partial charge in [0, 0.05) is 5.56 Å². The van der Waals surface area contributed by atoms with Crippen LogP contribution in [0.4, 0.5) is 0 Å². The zero-order chi connectivity index (χ0) is 14.9. The van der Waals surface area contributed by atoms with Crippen LogP contribution >= 0.6 is 0 Å². The molecule has 110 valence electrons. The van der Waals surface area contributed by atoms with Crippen molar-refractivity contribution < 1.29 is 14.2 Å². The zero-order valence-corrected chi connectivity index (χ0v) is 11.9. The van der Waals surface area contributed by atoms with Crippen molar-refractivity contribution in [3.8, 4) is 39.8 Å². The number of para-hydroxylation sites is 1. The summed E-state index contributed by atoms with van der Waals surface area (Å²) in [5.41, 5.74) is 3.38. The molecule has 0 atom stereocenters. The highest BCUT2D eigenvalue weighted by atomic mass is 16.7. The largest absolute Gasteiger partial charge is 0.497 e. The maximum absolute atomic E-state index is 5.56. The van der Waals surface area contributed by atoms with Gasteiger partial charge in [-0.2, -0.15) is 0 Å². The van der Waals surface area contributed by atoms with Crippen LogP contribution in [0.5, 0.6) is 17.2 Å². The predicted octanol–water partition coefficient (Wildman–Crippen LogP) is 2.88. The third-order valence-electron chi connectivity index (χ3n) is 3.58. The highest BCUT2D eigenvalue weighted by Gasteiger charge is 2.22. The van der Waals surface area contributed by atoms with Crippen LogP contribution in [0.1, 0.15) is 0 Å². The van der Waals surface area contributed by atoms with Gasteiger partial charge in [0.25, 0.3) is 0 Å². The first kappa shape index (κ1) is 12.7. The molecule has 0 radical (unpaired) electrons. The van der Waals surface area contributed by atoms with Crippen LogP contribution in [0.15, 0.2) is 42.5 Å². The maximum Gasteiger partial charge on any atom is 0.231 e. The van der Waals surface area contributed by atoms with E-state index in [0.717, 1.165) is 34.0 Å². The lowest BCUT2D eigenvalue weighted by molar-refractivity contribution is 0.174. The molecule has 4 rings (SSSR count). The molecule has 1 aromatic heterocycles. The first-order chi connectivity index (χ1) is 10.9. The van der Waals surface area contributed by atoms with Gasteiger partial charge < -0.3 is 14.2 Å². The van der Waals surface area contributed by atoms with Crippen molar-refractivity contribution in [2.45, 2.75) is 0 Å². The summed E-state index contributed by atoms with van der Waals surface area (Å²) in [6, 6.07) is 13.4. The van der Waals surface area contributed by atoms with Crippen molar-refractivity contribution in [1.82, 2.24) is 15.4 Å². The average molecular weight is 295 g/mol. The Morgan fingerprint density at radius 3 is 2.77 bits per heavy atom. The van der Waals surface area contributed by atoms with Crippen molar-refractivity contribution in [2.24, 2.45) is 0 Å². The fourth-order valence-electron chi connectivity index (χ4n) is 2.49. The Kier molecular flexibility index (Phi) is 2.93. The van der Waals surface area contributed by atoms with E-state index in [4.69, 9.17) is 14.2 Å². The summed E-state index contributed by atoms with van der Waals surface area (Å²) >= 11 is 0. The van der Waals surface area contributed by atoms with E-state index in [9.17, 15) is 0 Å². The number of methoxy groups -OCH3 is 1. The molecule has 0 aliphatic carbocycles. The van der Waals surface area contributed by atoms with E-state index in [0.29, 0.717) is 5.75 Å². The van der Waals surface area contributed by atoms with Crippen LogP contribution in [0.2, 0.25) is 0 Å². The summed E-state index contributed by atoms with van der Waals surface area (Å²) in [4.78, 5) is 0. The Morgan fingerprint density at radius 2 is 1.95 bits per heavy atom. The van der Waals surface area contributed by atoms with Crippen LogP contribution in [0.25, 0.3) is 22.5 Å². The number of rotatable bonds is 3. The fraction of sp³-hybridized carbons (Fsp3) is 0.125. The zero-order valence-electron chi connectivity index (χ0n) is 11.9. The number of ether oxygens (including phenoxy) is 3. The standard InChI is InChI=1S/C16H13N3O3/c1-20-11-7-5-10(6-8-11)14-15(18-19-17-14)12-3-2-4-13-16(12)22-9-21-13/h2-8H,9H2,1H3,(H,17,18,19). The van der Waals surface area contributed by atoms with Gasteiger partial charge in [0.15, 0.2) is 11.5 Å². The van der Waals surface area contributed by atoms with Gasteiger partial charge in [0.1, 0.15) is 11.4 Å². The van der Waals surface area contributed by atoms with Gasteiger partial charge in [-0.25, -0.2) is 0 Å². The highest BCUT2D eigenvalue weighted by Crippen LogP contribution is 2.42. The van der Waals surface area contributed by atoms with Crippen LogP contribution in [-0.2, 0) is 0 Å². The number of aromatic nitrogens is 3. The van der Waals surface area contributed by atoms with Crippen LogP contribution in [0, 0.1) is 0 Å². The lowest BCUT2D eigenvalue weighted by Crippen LogP contribution is -1.94. The van der Waals surface area contributed by atoms with Gasteiger partial charge in [0.2, 0.25) is 6.79 Å². The number of H-pyrrole nitrogens is 1. The molecule has 0 unspecified atom stereocenters. The third kappa shape index (κ3) is 1.96. The first-order valence-corrected chi connectivity index (χ1v) is 6.81. The molecule has 0 bridgehead atoms. The summed E-state index contributed by atoms with van der Waals surface area (Å²) < 4.78 is 16.2. The topological polar surface area (TPSA) is 69.3 Å². The van der Waals surface area contributed by atoms with Crippen molar-refractivity contribution >= 4 is 0 Å². The number of fused-ring (bicyclic) bond motifs is 1. The molecule has 1 aliphatic rings. The molecule has 0 saturated heterocycles. The van der Waals surface area contributed by atoms with Gasteiger partial charge in [-0.05, 0) is 36.4 Å². The minimum absolute atomic E-state index is 0.224. The van der Waals surface area contributed by atoms with Gasteiger partial charge in [-0.3, -0.25) is 5.10 Å². The molecule has 2 aromatic carbocycles. The van der Waals surface area contributed by atoms with Crippen molar-refractivity contribution in [3.63, 3.8) is 0 Å². The van der Waals surface area contributed by atoms with Gasteiger partial charge >= 0.3 is 0 Å². The Labute approximate surface area is 126 Å². The SMILES string of the molecule is COc1ccc(-c2[nH]nnc2-c2cccc3c2OCO3)cc1. The van der Waals surface area contributed by atoms with E-state index in [1.54, 1.807) is 7.11 Å². The molecule has 0 saturated carbocycles. The molecule has 1 aliphatic heterocycles. The molecule has 3 aromatic rings. The summed E-state index contributed by atoms with van der Waals surface area (Å²) in [7, 11) is 1.64. The van der Waals surface area contributed by atoms with Crippen LogP contribution < -0.4 is 14.2 Å². The number of hydrogen-bond donors (Lipinski definition) is 1. The fourth-order valence-corrected chi connectivity index (χ4v) is 2.49. The van der Waals surface area contributed by atoms with Gasteiger partial charge in [-0.15, -0.1) is 5.10 Å². The van der Waals surface area contributed by atoms with Crippen LogP contribution in [0.3, 0.4) is 0 Å². The molecule has 0 fully saturated rings. The van der Waals surface area contributed by atoms with Crippen molar-refractivity contribution in [1.29, 1.82) is 0 Å². The summed E-state index contributed by atoms with van der Waals surface area (Å²) in [5.74, 6) is 2.22. The second-order valence-corrected chi connectivity index (χ2v) is 4.80. The van der Waals surface area contributed by atoms with E-state index in [2.05, 4.69) is 15.4 Å². The number of benzene rings is 2. The van der Waals surface area contributed by atoms with Crippen molar-refractivity contribution in [3.05, 3.63) is 42.5 Å². The minimum Gasteiger partial charge on any atom is -0.497 e. The molecule has 1 N–H and O–H groups in total. The second kappa shape index (κ2) is 5.07. The number of nitrogens with zero attached hydrogens (tertiary/aromatic N) is 2.